The number of aromatic nitrogens is 1. The van der Waals surface area contributed by atoms with Gasteiger partial charge in [-0.3, -0.25) is 9.69 Å². The van der Waals surface area contributed by atoms with Gasteiger partial charge < -0.3 is 15.0 Å². The van der Waals surface area contributed by atoms with Gasteiger partial charge in [0, 0.05) is 23.1 Å². The van der Waals surface area contributed by atoms with Crippen molar-refractivity contribution in [2.24, 2.45) is 0 Å². The molecule has 2 aliphatic rings. The minimum Gasteiger partial charge on any atom is -0.480 e. The van der Waals surface area contributed by atoms with Crippen molar-refractivity contribution in [3.05, 3.63) is 35.5 Å². The number of aromatic amines is 1. The Hall–Kier alpha value is -2.34. The normalized spacial score (nSPS) is 23.6. The first-order valence-electron chi connectivity index (χ1n) is 8.77. The molecular formula is C19H23N3O3. The van der Waals surface area contributed by atoms with Crippen LogP contribution in [0.25, 0.3) is 10.9 Å². The molecule has 2 N–H and O–H groups in total. The van der Waals surface area contributed by atoms with Gasteiger partial charge in [-0.1, -0.05) is 25.1 Å². The van der Waals surface area contributed by atoms with E-state index in [2.05, 4.69) is 22.0 Å². The highest BCUT2D eigenvalue weighted by atomic mass is 16.4. The molecule has 25 heavy (non-hydrogen) atoms. The van der Waals surface area contributed by atoms with Gasteiger partial charge in [0.15, 0.2) is 0 Å². The highest BCUT2D eigenvalue weighted by Gasteiger charge is 2.56. The first kappa shape index (κ1) is 16.1. The number of amides is 1. The maximum absolute atomic E-state index is 13.1. The average Bonchev–Trinajstić information content (AvgIpc) is 3.02. The summed E-state index contributed by atoms with van der Waals surface area (Å²) in [4.78, 5) is 32.0. The van der Waals surface area contributed by atoms with Crippen LogP contribution < -0.4 is 0 Å². The number of rotatable bonds is 3. The molecule has 3 heterocycles. The molecule has 6 heteroatoms. The number of nitrogens with zero attached hydrogens (tertiary/aromatic N) is 2. The van der Waals surface area contributed by atoms with E-state index in [1.54, 1.807) is 4.90 Å². The Labute approximate surface area is 146 Å². The van der Waals surface area contributed by atoms with Crippen LogP contribution in [0, 0.1) is 0 Å². The third-order valence-electron chi connectivity index (χ3n) is 5.80. The SMILES string of the molecule is CC[C@@H](C(=O)O)N1C(=O)[C@@H]2Cc3c([nH]c4ccccc34)CN2C1(C)C. The second-order valence-corrected chi connectivity index (χ2v) is 7.44. The Balaban J connectivity index is 1.77. The lowest BCUT2D eigenvalue weighted by molar-refractivity contribution is -0.153. The molecule has 2 atom stereocenters. The summed E-state index contributed by atoms with van der Waals surface area (Å²) in [6.07, 6.45) is 1.02. The first-order chi connectivity index (χ1) is 11.9. The van der Waals surface area contributed by atoms with Gasteiger partial charge in [0.25, 0.3) is 0 Å². The Bertz CT molecular complexity index is 870. The lowest BCUT2D eigenvalue weighted by atomic mass is 9.96. The van der Waals surface area contributed by atoms with Gasteiger partial charge in [-0.15, -0.1) is 0 Å². The zero-order valence-electron chi connectivity index (χ0n) is 14.7. The smallest absolute Gasteiger partial charge is 0.326 e. The van der Waals surface area contributed by atoms with Crippen LogP contribution in [0.3, 0.4) is 0 Å². The molecule has 1 aromatic carbocycles. The summed E-state index contributed by atoms with van der Waals surface area (Å²) in [5, 5.41) is 10.7. The van der Waals surface area contributed by atoms with E-state index in [-0.39, 0.29) is 11.9 Å². The predicted molar refractivity (Wildman–Crippen MR) is 94.0 cm³/mol. The Morgan fingerprint density at radius 1 is 1.40 bits per heavy atom. The van der Waals surface area contributed by atoms with Crippen LogP contribution in [0.15, 0.2) is 24.3 Å². The van der Waals surface area contributed by atoms with Crippen molar-refractivity contribution < 1.29 is 14.7 Å². The number of carboxylic acid groups (broad SMARTS) is 1. The molecule has 2 aromatic rings. The van der Waals surface area contributed by atoms with E-state index in [1.165, 1.54) is 5.56 Å². The zero-order valence-corrected chi connectivity index (χ0v) is 14.7. The summed E-state index contributed by atoms with van der Waals surface area (Å²) in [6, 6.07) is 7.05. The van der Waals surface area contributed by atoms with Gasteiger partial charge in [-0.25, -0.2) is 4.79 Å². The Morgan fingerprint density at radius 2 is 2.12 bits per heavy atom. The van der Waals surface area contributed by atoms with Gasteiger partial charge in [0.1, 0.15) is 6.04 Å². The number of carbonyl (C=O) groups is 2. The van der Waals surface area contributed by atoms with Crippen molar-refractivity contribution >= 4 is 22.8 Å². The van der Waals surface area contributed by atoms with Crippen LogP contribution in [0.5, 0.6) is 0 Å². The molecule has 1 fully saturated rings. The van der Waals surface area contributed by atoms with E-state index < -0.39 is 17.7 Å². The number of para-hydroxylation sites is 1. The first-order valence-corrected chi connectivity index (χ1v) is 8.77. The van der Waals surface area contributed by atoms with Crippen LogP contribution in [0.2, 0.25) is 0 Å². The van der Waals surface area contributed by atoms with E-state index in [9.17, 15) is 14.7 Å². The monoisotopic (exact) mass is 341 g/mol. The second-order valence-electron chi connectivity index (χ2n) is 7.44. The lowest BCUT2D eigenvalue weighted by Crippen LogP contribution is -2.55. The molecule has 2 aliphatic heterocycles. The maximum Gasteiger partial charge on any atom is 0.326 e. The van der Waals surface area contributed by atoms with Crippen molar-refractivity contribution in [3.8, 4) is 0 Å². The van der Waals surface area contributed by atoms with Gasteiger partial charge >= 0.3 is 5.97 Å². The number of carbonyl (C=O) groups excluding carboxylic acids is 1. The summed E-state index contributed by atoms with van der Waals surface area (Å²) < 4.78 is 0. The molecular weight excluding hydrogens is 318 g/mol. The Kier molecular flexibility index (Phi) is 3.44. The fourth-order valence-electron chi connectivity index (χ4n) is 4.57. The number of H-pyrrole nitrogens is 1. The molecule has 1 saturated heterocycles. The minimum absolute atomic E-state index is 0.0739. The number of nitrogens with one attached hydrogen (secondary N) is 1. The molecule has 0 bridgehead atoms. The summed E-state index contributed by atoms with van der Waals surface area (Å²) in [5.74, 6) is -1.01. The minimum atomic E-state index is -0.937. The Morgan fingerprint density at radius 3 is 2.80 bits per heavy atom. The molecule has 0 saturated carbocycles. The fourth-order valence-corrected chi connectivity index (χ4v) is 4.57. The van der Waals surface area contributed by atoms with Gasteiger partial charge in [0.05, 0.1) is 11.7 Å². The van der Waals surface area contributed by atoms with Crippen molar-refractivity contribution in [1.82, 2.24) is 14.8 Å². The third kappa shape index (κ3) is 2.13. The molecule has 1 aromatic heterocycles. The van der Waals surface area contributed by atoms with Crippen LogP contribution in [0.4, 0.5) is 0 Å². The van der Waals surface area contributed by atoms with E-state index in [0.717, 1.165) is 16.6 Å². The predicted octanol–water partition coefficient (Wildman–Crippen LogP) is 2.34. The van der Waals surface area contributed by atoms with Crippen LogP contribution >= 0.6 is 0 Å². The van der Waals surface area contributed by atoms with E-state index in [0.29, 0.717) is 19.4 Å². The van der Waals surface area contributed by atoms with E-state index in [1.807, 2.05) is 32.9 Å². The molecule has 1 amide bonds. The number of benzene rings is 1. The van der Waals surface area contributed by atoms with Crippen LogP contribution in [-0.2, 0) is 22.6 Å². The number of hydrogen-bond donors (Lipinski definition) is 2. The summed E-state index contributed by atoms with van der Waals surface area (Å²) in [7, 11) is 0. The van der Waals surface area contributed by atoms with Crippen LogP contribution in [-0.4, -0.2) is 49.5 Å². The van der Waals surface area contributed by atoms with Crippen molar-refractivity contribution in [1.29, 1.82) is 0 Å². The van der Waals surface area contributed by atoms with Crippen molar-refractivity contribution in [2.45, 2.75) is 57.9 Å². The van der Waals surface area contributed by atoms with Crippen molar-refractivity contribution in [3.63, 3.8) is 0 Å². The number of hydrogen-bond acceptors (Lipinski definition) is 3. The quantitative estimate of drug-likeness (QED) is 0.898. The molecule has 132 valence electrons. The summed E-state index contributed by atoms with van der Waals surface area (Å²) >= 11 is 0. The fraction of sp³-hybridized carbons (Fsp3) is 0.474. The number of carboxylic acids is 1. The van der Waals surface area contributed by atoms with Crippen molar-refractivity contribution in [2.75, 3.05) is 0 Å². The highest BCUT2D eigenvalue weighted by Crippen LogP contribution is 2.41. The summed E-state index contributed by atoms with van der Waals surface area (Å²) in [6.45, 7) is 6.34. The van der Waals surface area contributed by atoms with Gasteiger partial charge in [-0.05, 0) is 38.3 Å². The standard InChI is InChI=1S/C19H23N3O3/c1-4-15(18(24)25)22-17(23)16-9-12-11-7-5-6-8-13(11)20-14(12)10-21(16)19(22,2)3/h5-8,15-16,20H,4,9-10H2,1-3H3,(H,24,25)/t15-,16-/m0/s1. The molecule has 0 aliphatic carbocycles. The number of aliphatic carboxylic acids is 1. The van der Waals surface area contributed by atoms with E-state index >= 15 is 0 Å². The van der Waals surface area contributed by atoms with Crippen LogP contribution in [0.1, 0.15) is 38.4 Å². The lowest BCUT2D eigenvalue weighted by Gasteiger charge is -2.42. The topological polar surface area (TPSA) is 76.6 Å². The van der Waals surface area contributed by atoms with Gasteiger partial charge in [-0.2, -0.15) is 0 Å². The van der Waals surface area contributed by atoms with E-state index in [4.69, 9.17) is 0 Å². The number of fused-ring (bicyclic) bond motifs is 4. The average molecular weight is 341 g/mol. The summed E-state index contributed by atoms with van der Waals surface area (Å²) in [5.41, 5.74) is 2.78. The third-order valence-corrected chi connectivity index (χ3v) is 5.80. The van der Waals surface area contributed by atoms with Gasteiger partial charge in [0.2, 0.25) is 5.91 Å². The molecule has 0 spiro atoms. The molecule has 4 rings (SSSR count). The second kappa shape index (κ2) is 5.33. The maximum atomic E-state index is 13.1. The zero-order chi connectivity index (χ0) is 17.9. The highest BCUT2D eigenvalue weighted by molar-refractivity contribution is 5.92. The molecule has 6 nitrogen and oxygen atoms in total. The largest absolute Gasteiger partial charge is 0.480 e. The molecule has 0 radical (unpaired) electrons. The molecule has 0 unspecified atom stereocenters.